The predicted molar refractivity (Wildman–Crippen MR) is 82.5 cm³/mol. The van der Waals surface area contributed by atoms with Gasteiger partial charge in [0.25, 0.3) is 0 Å². The van der Waals surface area contributed by atoms with Gasteiger partial charge in [-0.25, -0.2) is 0 Å². The average molecular weight is 275 g/mol. The minimum atomic E-state index is 0.0715. The molecule has 1 amide bonds. The van der Waals surface area contributed by atoms with Crippen LogP contribution in [0.15, 0.2) is 24.3 Å². The molecular formula is C16H25N3O. The van der Waals surface area contributed by atoms with Crippen molar-refractivity contribution in [3.8, 4) is 0 Å². The van der Waals surface area contributed by atoms with Gasteiger partial charge in [0.1, 0.15) is 0 Å². The van der Waals surface area contributed by atoms with Crippen molar-refractivity contribution in [2.45, 2.75) is 45.2 Å². The van der Waals surface area contributed by atoms with Crippen LogP contribution in [0, 0.1) is 0 Å². The van der Waals surface area contributed by atoms with E-state index in [9.17, 15) is 4.79 Å². The highest BCUT2D eigenvalue weighted by Crippen LogP contribution is 2.26. The zero-order valence-corrected chi connectivity index (χ0v) is 12.3. The highest BCUT2D eigenvalue weighted by molar-refractivity contribution is 5.92. The first kappa shape index (κ1) is 15.0. The number of amides is 1. The first-order valence-electron chi connectivity index (χ1n) is 7.56. The van der Waals surface area contributed by atoms with Crippen molar-refractivity contribution in [3.05, 3.63) is 29.8 Å². The monoisotopic (exact) mass is 275 g/mol. The third kappa shape index (κ3) is 4.62. The second-order valence-electron chi connectivity index (χ2n) is 5.51. The lowest BCUT2D eigenvalue weighted by Crippen LogP contribution is -2.35. The number of rotatable bonds is 8. The van der Waals surface area contributed by atoms with Crippen LogP contribution >= 0.6 is 0 Å². The van der Waals surface area contributed by atoms with Crippen LogP contribution in [0.2, 0.25) is 0 Å². The Morgan fingerprint density at radius 1 is 1.45 bits per heavy atom. The summed E-state index contributed by atoms with van der Waals surface area (Å²) >= 11 is 0. The quantitative estimate of drug-likeness (QED) is 0.765. The maximum absolute atomic E-state index is 12.1. The maximum Gasteiger partial charge on any atom is 0.238 e. The summed E-state index contributed by atoms with van der Waals surface area (Å²) < 4.78 is 0. The molecule has 20 heavy (non-hydrogen) atoms. The van der Waals surface area contributed by atoms with E-state index in [4.69, 9.17) is 5.73 Å². The van der Waals surface area contributed by atoms with Crippen molar-refractivity contribution in [2.24, 2.45) is 5.73 Å². The molecular weight excluding hydrogens is 250 g/mol. The predicted octanol–water partition coefficient (Wildman–Crippen LogP) is 2.35. The van der Waals surface area contributed by atoms with E-state index in [1.165, 1.54) is 19.3 Å². The van der Waals surface area contributed by atoms with Crippen molar-refractivity contribution in [1.82, 2.24) is 4.90 Å². The third-order valence-electron chi connectivity index (χ3n) is 3.66. The number of nitrogens with one attached hydrogen (secondary N) is 1. The lowest BCUT2D eigenvalue weighted by Gasteiger charge is -2.21. The molecule has 1 saturated carbocycles. The van der Waals surface area contributed by atoms with Gasteiger partial charge in [0.15, 0.2) is 0 Å². The van der Waals surface area contributed by atoms with Gasteiger partial charge in [-0.05, 0) is 43.5 Å². The van der Waals surface area contributed by atoms with Crippen LogP contribution in [0.3, 0.4) is 0 Å². The Balaban J connectivity index is 1.86. The summed E-state index contributed by atoms with van der Waals surface area (Å²) in [5.41, 5.74) is 7.48. The van der Waals surface area contributed by atoms with E-state index in [-0.39, 0.29) is 5.91 Å². The number of hydrogen-bond acceptors (Lipinski definition) is 3. The molecule has 0 aromatic heterocycles. The summed E-state index contributed by atoms with van der Waals surface area (Å²) in [4.78, 5) is 14.4. The van der Waals surface area contributed by atoms with Crippen molar-refractivity contribution in [3.63, 3.8) is 0 Å². The van der Waals surface area contributed by atoms with E-state index in [0.717, 1.165) is 24.2 Å². The molecule has 4 nitrogen and oxygen atoms in total. The number of anilines is 1. The number of nitrogens with zero attached hydrogens (tertiary/aromatic N) is 1. The number of carbonyl (C=O) groups excluding carboxylic acids is 1. The number of nitrogens with two attached hydrogens (primary N) is 1. The fourth-order valence-corrected chi connectivity index (χ4v) is 2.35. The van der Waals surface area contributed by atoms with Gasteiger partial charge in [-0.1, -0.05) is 25.5 Å². The molecule has 1 aliphatic carbocycles. The van der Waals surface area contributed by atoms with E-state index >= 15 is 0 Å². The van der Waals surface area contributed by atoms with E-state index in [1.54, 1.807) is 0 Å². The Kier molecular flexibility index (Phi) is 5.56. The summed E-state index contributed by atoms with van der Waals surface area (Å²) in [6.45, 7) is 4.20. The number of benzene rings is 1. The molecule has 4 heteroatoms. The Morgan fingerprint density at radius 3 is 2.90 bits per heavy atom. The average Bonchev–Trinajstić information content (AvgIpc) is 3.28. The normalized spacial score (nSPS) is 14.6. The molecule has 3 N–H and O–H groups in total. The molecule has 2 rings (SSSR count). The second-order valence-corrected chi connectivity index (χ2v) is 5.51. The fraction of sp³-hybridized carbons (Fsp3) is 0.562. The standard InChI is InChI=1S/C16H25N3O/c1-2-3-9-19(15-7-8-15)12-16(20)18-14-6-4-5-13(10-14)11-17/h4-6,10,15H,2-3,7-9,11-12,17H2,1H3,(H,18,20). The van der Waals surface area contributed by atoms with Crippen LogP contribution < -0.4 is 11.1 Å². The lowest BCUT2D eigenvalue weighted by atomic mass is 10.2. The summed E-state index contributed by atoms with van der Waals surface area (Å²) in [6, 6.07) is 8.36. The second kappa shape index (κ2) is 7.41. The summed E-state index contributed by atoms with van der Waals surface area (Å²) in [7, 11) is 0. The van der Waals surface area contributed by atoms with Gasteiger partial charge in [0, 0.05) is 18.3 Å². The molecule has 0 atom stereocenters. The fourth-order valence-electron chi connectivity index (χ4n) is 2.35. The molecule has 0 saturated heterocycles. The Morgan fingerprint density at radius 2 is 2.25 bits per heavy atom. The van der Waals surface area contributed by atoms with Gasteiger partial charge >= 0.3 is 0 Å². The van der Waals surface area contributed by atoms with Gasteiger partial charge < -0.3 is 11.1 Å². The van der Waals surface area contributed by atoms with E-state index in [2.05, 4.69) is 17.1 Å². The smallest absolute Gasteiger partial charge is 0.238 e. The third-order valence-corrected chi connectivity index (χ3v) is 3.66. The van der Waals surface area contributed by atoms with Crippen molar-refractivity contribution in [1.29, 1.82) is 0 Å². The molecule has 0 heterocycles. The topological polar surface area (TPSA) is 58.4 Å². The summed E-state index contributed by atoms with van der Waals surface area (Å²) in [6.07, 6.45) is 4.80. The van der Waals surface area contributed by atoms with Crippen LogP contribution in [0.1, 0.15) is 38.2 Å². The summed E-state index contributed by atoms with van der Waals surface area (Å²) in [5, 5.41) is 2.97. The van der Waals surface area contributed by atoms with Crippen molar-refractivity contribution in [2.75, 3.05) is 18.4 Å². The molecule has 0 unspecified atom stereocenters. The van der Waals surface area contributed by atoms with Gasteiger partial charge in [0.2, 0.25) is 5.91 Å². The van der Waals surface area contributed by atoms with Crippen molar-refractivity contribution < 1.29 is 4.79 Å². The molecule has 1 aromatic carbocycles. The van der Waals surface area contributed by atoms with Gasteiger partial charge in [0.05, 0.1) is 6.54 Å². The van der Waals surface area contributed by atoms with Gasteiger partial charge in [-0.3, -0.25) is 9.69 Å². The molecule has 110 valence electrons. The number of unbranched alkanes of at least 4 members (excludes halogenated alkanes) is 1. The molecule has 0 spiro atoms. The van der Waals surface area contributed by atoms with E-state index in [0.29, 0.717) is 19.1 Å². The lowest BCUT2D eigenvalue weighted by molar-refractivity contribution is -0.117. The van der Waals surface area contributed by atoms with E-state index < -0.39 is 0 Å². The molecule has 0 radical (unpaired) electrons. The largest absolute Gasteiger partial charge is 0.326 e. The maximum atomic E-state index is 12.1. The van der Waals surface area contributed by atoms with Gasteiger partial charge in [-0.15, -0.1) is 0 Å². The Bertz CT molecular complexity index is 443. The first-order valence-corrected chi connectivity index (χ1v) is 7.56. The summed E-state index contributed by atoms with van der Waals surface area (Å²) in [5.74, 6) is 0.0715. The Hall–Kier alpha value is -1.39. The molecule has 0 aliphatic heterocycles. The Labute approximate surface area is 121 Å². The SMILES string of the molecule is CCCCN(CC(=O)Nc1cccc(CN)c1)C1CC1. The van der Waals surface area contributed by atoms with Gasteiger partial charge in [-0.2, -0.15) is 0 Å². The van der Waals surface area contributed by atoms with Crippen LogP contribution in [0.5, 0.6) is 0 Å². The van der Waals surface area contributed by atoms with E-state index in [1.807, 2.05) is 24.3 Å². The zero-order valence-electron chi connectivity index (χ0n) is 12.3. The molecule has 1 aliphatic rings. The van der Waals surface area contributed by atoms with Crippen LogP contribution in [-0.4, -0.2) is 29.9 Å². The zero-order chi connectivity index (χ0) is 14.4. The van der Waals surface area contributed by atoms with Crippen LogP contribution in [0.25, 0.3) is 0 Å². The minimum absolute atomic E-state index is 0.0715. The molecule has 1 aromatic rings. The van der Waals surface area contributed by atoms with Crippen LogP contribution in [0.4, 0.5) is 5.69 Å². The molecule has 0 bridgehead atoms. The highest BCUT2D eigenvalue weighted by Gasteiger charge is 2.29. The number of hydrogen-bond donors (Lipinski definition) is 2. The molecule has 1 fully saturated rings. The van der Waals surface area contributed by atoms with Crippen molar-refractivity contribution >= 4 is 11.6 Å². The first-order chi connectivity index (χ1) is 9.72. The number of carbonyl (C=O) groups is 1. The highest BCUT2D eigenvalue weighted by atomic mass is 16.2. The minimum Gasteiger partial charge on any atom is -0.326 e. The van der Waals surface area contributed by atoms with Crippen LogP contribution in [-0.2, 0) is 11.3 Å².